The molecule has 3 rings (SSSR count). The van der Waals surface area contributed by atoms with Gasteiger partial charge in [0.15, 0.2) is 5.03 Å². The average Bonchev–Trinajstić information content (AvgIpc) is 3.09. The number of carbonyl (C=O) groups excluding carboxylic acids is 1. The molecule has 0 bridgehead atoms. The molecule has 1 unspecified atom stereocenters. The molecule has 0 aromatic carbocycles. The summed E-state index contributed by atoms with van der Waals surface area (Å²) >= 11 is 0. The number of aromatic nitrogens is 2. The number of pyridine rings is 2. The third-order valence-electron chi connectivity index (χ3n) is 6.19. The number of primary sulfonamides is 1. The maximum Gasteiger partial charge on any atom is 0.433 e. The second-order valence-corrected chi connectivity index (χ2v) is 12.6. The Morgan fingerprint density at radius 2 is 1.84 bits per heavy atom. The van der Waals surface area contributed by atoms with E-state index in [2.05, 4.69) is 15.3 Å². The summed E-state index contributed by atoms with van der Waals surface area (Å²) in [6.45, 7) is 9.71. The highest BCUT2D eigenvalue weighted by Gasteiger charge is 2.43. The highest BCUT2D eigenvalue weighted by atomic mass is 32.2. The van der Waals surface area contributed by atoms with E-state index in [9.17, 15) is 26.4 Å². The fourth-order valence-corrected chi connectivity index (χ4v) is 5.04. The van der Waals surface area contributed by atoms with Gasteiger partial charge in [-0.1, -0.05) is 12.1 Å². The van der Waals surface area contributed by atoms with Gasteiger partial charge in [0, 0.05) is 12.1 Å². The summed E-state index contributed by atoms with van der Waals surface area (Å²) in [5.41, 5.74) is -2.01. The Balaban J connectivity index is 1.84. The van der Waals surface area contributed by atoms with Crippen molar-refractivity contribution in [3.05, 3.63) is 47.8 Å². The van der Waals surface area contributed by atoms with Gasteiger partial charge in [0.2, 0.25) is 0 Å². The third-order valence-corrected chi connectivity index (χ3v) is 7.00. The monoisotopic (exact) mass is 557 g/mol. The molecule has 210 valence electrons. The van der Waals surface area contributed by atoms with Crippen molar-refractivity contribution in [1.82, 2.24) is 14.9 Å². The van der Waals surface area contributed by atoms with Gasteiger partial charge in [0.25, 0.3) is 10.0 Å². The average molecular weight is 558 g/mol. The predicted octanol–water partition coefficient (Wildman–Crippen LogP) is 5.11. The fraction of sp³-hybridized carbons (Fsp3) is 0.560. The van der Waals surface area contributed by atoms with Crippen LogP contribution in [-0.2, 0) is 20.9 Å². The van der Waals surface area contributed by atoms with E-state index >= 15 is 0 Å². The molecule has 3 heterocycles. The Kier molecular flexibility index (Phi) is 8.32. The molecule has 1 fully saturated rings. The Hall–Kier alpha value is -2.93. The van der Waals surface area contributed by atoms with E-state index in [1.165, 1.54) is 30.3 Å². The van der Waals surface area contributed by atoms with Gasteiger partial charge in [0.05, 0.1) is 11.7 Å². The highest BCUT2D eigenvalue weighted by Crippen LogP contribution is 2.38. The minimum Gasteiger partial charge on any atom is -0.444 e. The first kappa shape index (κ1) is 29.6. The first-order valence-corrected chi connectivity index (χ1v) is 13.7. The van der Waals surface area contributed by atoms with Crippen LogP contribution >= 0.6 is 0 Å². The number of nitrogens with zero attached hydrogens (tertiary/aromatic N) is 3. The van der Waals surface area contributed by atoms with Gasteiger partial charge >= 0.3 is 12.3 Å². The second kappa shape index (κ2) is 10.7. The lowest BCUT2D eigenvalue weighted by Crippen LogP contribution is -2.45. The van der Waals surface area contributed by atoms with Gasteiger partial charge in [0.1, 0.15) is 17.1 Å². The summed E-state index contributed by atoms with van der Waals surface area (Å²) in [4.78, 5) is 22.3. The number of hydrogen-bond acceptors (Lipinski definition) is 7. The van der Waals surface area contributed by atoms with Gasteiger partial charge in [-0.3, -0.25) is 0 Å². The summed E-state index contributed by atoms with van der Waals surface area (Å²) < 4.78 is 69.1. The second-order valence-electron chi connectivity index (χ2n) is 11.1. The highest BCUT2D eigenvalue weighted by molar-refractivity contribution is 7.89. The quantitative estimate of drug-likeness (QED) is 0.484. The van der Waals surface area contributed by atoms with Crippen molar-refractivity contribution in [3.8, 4) is 0 Å². The van der Waals surface area contributed by atoms with Crippen molar-refractivity contribution in [3.63, 3.8) is 0 Å². The van der Waals surface area contributed by atoms with Crippen LogP contribution in [-0.4, -0.2) is 47.1 Å². The van der Waals surface area contributed by atoms with Crippen LogP contribution in [0.5, 0.6) is 0 Å². The number of hydrogen-bond donors (Lipinski definition) is 2. The molecule has 1 aliphatic rings. The zero-order valence-corrected chi connectivity index (χ0v) is 22.9. The SMILES string of the molecule is CC(C)(C)OC(=O)N1C[C@@H](CCC(Nc2cccc(S(N)(=O)=O)n2)c2cccc(C(F)(F)F)n2)CC1(C)C. The number of nitrogens with one attached hydrogen (secondary N) is 1. The van der Waals surface area contributed by atoms with Crippen LogP contribution in [0.3, 0.4) is 0 Å². The molecule has 1 saturated heterocycles. The van der Waals surface area contributed by atoms with E-state index < -0.39 is 45.2 Å². The molecular weight excluding hydrogens is 523 g/mol. The van der Waals surface area contributed by atoms with Crippen molar-refractivity contribution in [2.45, 2.75) is 82.3 Å². The lowest BCUT2D eigenvalue weighted by atomic mass is 9.91. The smallest absolute Gasteiger partial charge is 0.433 e. The number of sulfonamides is 1. The predicted molar refractivity (Wildman–Crippen MR) is 136 cm³/mol. The minimum atomic E-state index is -4.63. The molecule has 1 amide bonds. The fourth-order valence-electron chi connectivity index (χ4n) is 4.55. The number of anilines is 1. The number of ether oxygens (including phenoxy) is 1. The molecular formula is C25H34F3N5O4S. The molecule has 3 N–H and O–H groups in total. The van der Waals surface area contributed by atoms with Gasteiger partial charge in [-0.2, -0.15) is 13.2 Å². The first-order chi connectivity index (χ1) is 17.3. The van der Waals surface area contributed by atoms with E-state index in [1.54, 1.807) is 25.7 Å². The minimum absolute atomic E-state index is 0.0522. The topological polar surface area (TPSA) is 128 Å². The Bertz CT molecular complexity index is 1260. The van der Waals surface area contributed by atoms with E-state index in [4.69, 9.17) is 9.88 Å². The van der Waals surface area contributed by atoms with Crippen LogP contribution in [0.1, 0.15) is 71.3 Å². The molecule has 2 aromatic rings. The van der Waals surface area contributed by atoms with Crippen LogP contribution in [0.2, 0.25) is 0 Å². The van der Waals surface area contributed by atoms with Crippen molar-refractivity contribution in [2.75, 3.05) is 11.9 Å². The number of rotatable bonds is 7. The summed E-state index contributed by atoms with van der Waals surface area (Å²) in [5, 5.41) is 7.84. The van der Waals surface area contributed by atoms with Crippen LogP contribution in [0.15, 0.2) is 41.4 Å². The lowest BCUT2D eigenvalue weighted by Gasteiger charge is -2.33. The number of alkyl halides is 3. The third kappa shape index (κ3) is 7.79. The van der Waals surface area contributed by atoms with E-state index in [1.807, 2.05) is 13.8 Å². The summed E-state index contributed by atoms with van der Waals surface area (Å²) in [5.74, 6) is 0.180. The van der Waals surface area contributed by atoms with E-state index in [0.717, 1.165) is 6.07 Å². The number of amides is 1. The number of carbonyl (C=O) groups is 1. The van der Waals surface area contributed by atoms with Gasteiger partial charge in [-0.25, -0.2) is 28.3 Å². The van der Waals surface area contributed by atoms with Crippen LogP contribution in [0.25, 0.3) is 0 Å². The molecule has 38 heavy (non-hydrogen) atoms. The van der Waals surface area contributed by atoms with Crippen molar-refractivity contribution >= 4 is 21.9 Å². The normalized spacial score (nSPS) is 18.8. The maximum atomic E-state index is 13.4. The van der Waals surface area contributed by atoms with Crippen LogP contribution < -0.4 is 10.5 Å². The van der Waals surface area contributed by atoms with Gasteiger partial charge in [-0.05, 0) is 84.1 Å². The maximum absolute atomic E-state index is 13.4. The molecule has 0 radical (unpaired) electrons. The molecule has 9 nitrogen and oxygen atoms in total. The van der Waals surface area contributed by atoms with Crippen molar-refractivity contribution < 1.29 is 31.1 Å². The zero-order chi connectivity index (χ0) is 28.5. The summed E-state index contributed by atoms with van der Waals surface area (Å²) in [6, 6.07) is 7.07. The largest absolute Gasteiger partial charge is 0.444 e. The Labute approximate surface area is 221 Å². The number of likely N-dealkylation sites (tertiary alicyclic amines) is 1. The summed E-state index contributed by atoms with van der Waals surface area (Å²) in [6.07, 6.45) is -3.47. The van der Waals surface area contributed by atoms with Gasteiger partial charge < -0.3 is 15.0 Å². The Morgan fingerprint density at radius 3 is 2.45 bits per heavy atom. The molecule has 2 atom stereocenters. The molecule has 1 aliphatic heterocycles. The first-order valence-electron chi connectivity index (χ1n) is 12.2. The summed E-state index contributed by atoms with van der Waals surface area (Å²) in [7, 11) is -4.08. The molecule has 2 aromatic heterocycles. The molecule has 0 saturated carbocycles. The van der Waals surface area contributed by atoms with Crippen LogP contribution in [0.4, 0.5) is 23.8 Å². The molecule has 0 spiro atoms. The number of halogens is 3. The van der Waals surface area contributed by atoms with E-state index in [0.29, 0.717) is 25.8 Å². The van der Waals surface area contributed by atoms with E-state index in [-0.39, 0.29) is 22.5 Å². The lowest BCUT2D eigenvalue weighted by molar-refractivity contribution is -0.141. The van der Waals surface area contributed by atoms with Crippen molar-refractivity contribution in [1.29, 1.82) is 0 Å². The molecule has 13 heteroatoms. The zero-order valence-electron chi connectivity index (χ0n) is 22.0. The van der Waals surface area contributed by atoms with Crippen molar-refractivity contribution in [2.24, 2.45) is 11.1 Å². The molecule has 0 aliphatic carbocycles. The number of nitrogens with two attached hydrogens (primary N) is 1. The van der Waals surface area contributed by atoms with Crippen LogP contribution in [0, 0.1) is 5.92 Å². The standard InChI is InChI=1S/C25H34F3N5O4S/c1-23(2,3)37-22(34)33-15-16(14-24(33,4)5)12-13-18(17-8-6-9-19(30-17)25(26,27)28)31-20-10-7-11-21(32-20)38(29,35)36/h6-11,16,18H,12-15H2,1-5H3,(H,31,32)(H2,29,35,36)/t16-,18?/m0/s1. The van der Waals surface area contributed by atoms with Gasteiger partial charge in [-0.15, -0.1) is 0 Å². The Morgan fingerprint density at radius 1 is 1.18 bits per heavy atom.